The quantitative estimate of drug-likeness (QED) is 0.794. The van der Waals surface area contributed by atoms with Crippen molar-refractivity contribution in [3.8, 4) is 0 Å². The fourth-order valence-electron chi connectivity index (χ4n) is 3.48. The van der Waals surface area contributed by atoms with Gasteiger partial charge in [-0.15, -0.1) is 0 Å². The number of carboxylic acid groups (broad SMARTS) is 1. The third kappa shape index (κ3) is 3.50. The highest BCUT2D eigenvalue weighted by molar-refractivity contribution is 5.80. The molecule has 3 rings (SSSR count). The molecule has 4 heteroatoms. The highest BCUT2D eigenvalue weighted by atomic mass is 16.4. The average molecular weight is 300 g/mol. The summed E-state index contributed by atoms with van der Waals surface area (Å²) in [4.78, 5) is 16.7. The van der Waals surface area contributed by atoms with E-state index in [9.17, 15) is 4.79 Å². The standard InChI is InChI=1S/C18H24N2O2/c21-18(22)10-4-6-12-20-11-5-3-9-17(20)16-13-14-7-1-2-8-15(14)19-16/h1-2,7-8,13,17,19H,3-6,9-12H2,(H,21,22). The van der Waals surface area contributed by atoms with Crippen LogP contribution in [0.3, 0.4) is 0 Å². The number of aromatic nitrogens is 1. The lowest BCUT2D eigenvalue weighted by atomic mass is 9.98. The number of carboxylic acids is 1. The summed E-state index contributed by atoms with van der Waals surface area (Å²) < 4.78 is 0. The van der Waals surface area contributed by atoms with Gasteiger partial charge in [0, 0.05) is 23.7 Å². The Morgan fingerprint density at radius 2 is 2.14 bits per heavy atom. The van der Waals surface area contributed by atoms with Crippen molar-refractivity contribution in [1.82, 2.24) is 9.88 Å². The minimum atomic E-state index is -0.689. The largest absolute Gasteiger partial charge is 0.481 e. The van der Waals surface area contributed by atoms with Crippen molar-refractivity contribution in [2.24, 2.45) is 0 Å². The van der Waals surface area contributed by atoms with Gasteiger partial charge in [0.2, 0.25) is 0 Å². The normalized spacial score (nSPS) is 19.5. The fourth-order valence-corrected chi connectivity index (χ4v) is 3.48. The monoisotopic (exact) mass is 300 g/mol. The SMILES string of the molecule is O=C(O)CCCCN1CCCCC1c1cc2ccccc2[nH]1. The van der Waals surface area contributed by atoms with Crippen LogP contribution >= 0.6 is 0 Å². The maximum atomic E-state index is 10.6. The van der Waals surface area contributed by atoms with Crippen molar-refractivity contribution in [3.63, 3.8) is 0 Å². The van der Waals surface area contributed by atoms with Crippen LogP contribution in [-0.4, -0.2) is 34.0 Å². The second-order valence-electron chi connectivity index (χ2n) is 6.21. The van der Waals surface area contributed by atoms with Gasteiger partial charge in [-0.1, -0.05) is 24.6 Å². The van der Waals surface area contributed by atoms with Crippen LogP contribution in [-0.2, 0) is 4.79 Å². The lowest BCUT2D eigenvalue weighted by molar-refractivity contribution is -0.137. The molecule has 1 saturated heterocycles. The minimum absolute atomic E-state index is 0.283. The molecule has 1 unspecified atom stereocenters. The molecule has 1 fully saturated rings. The topological polar surface area (TPSA) is 56.3 Å². The molecule has 118 valence electrons. The predicted molar refractivity (Wildman–Crippen MR) is 88.0 cm³/mol. The Hall–Kier alpha value is -1.81. The van der Waals surface area contributed by atoms with Gasteiger partial charge in [0.05, 0.1) is 0 Å². The summed E-state index contributed by atoms with van der Waals surface area (Å²) in [5.74, 6) is -0.689. The number of H-pyrrole nitrogens is 1. The molecule has 0 radical (unpaired) electrons. The molecular weight excluding hydrogens is 276 g/mol. The number of rotatable bonds is 6. The Bertz CT molecular complexity index is 602. The summed E-state index contributed by atoms with van der Waals surface area (Å²) in [5.41, 5.74) is 2.51. The number of hydrogen-bond donors (Lipinski definition) is 2. The number of nitrogens with one attached hydrogen (secondary N) is 1. The van der Waals surface area contributed by atoms with Crippen LogP contribution in [0.25, 0.3) is 10.9 Å². The molecule has 1 atom stereocenters. The zero-order chi connectivity index (χ0) is 15.4. The van der Waals surface area contributed by atoms with Gasteiger partial charge in [-0.2, -0.15) is 0 Å². The molecule has 1 aromatic carbocycles. The van der Waals surface area contributed by atoms with Gasteiger partial charge in [0.25, 0.3) is 0 Å². The number of benzene rings is 1. The van der Waals surface area contributed by atoms with E-state index >= 15 is 0 Å². The highest BCUT2D eigenvalue weighted by Gasteiger charge is 2.24. The zero-order valence-electron chi connectivity index (χ0n) is 12.9. The van der Waals surface area contributed by atoms with Crippen LogP contribution in [0.4, 0.5) is 0 Å². The van der Waals surface area contributed by atoms with Crippen LogP contribution in [0.1, 0.15) is 50.3 Å². The number of aromatic amines is 1. The van der Waals surface area contributed by atoms with E-state index in [0.29, 0.717) is 6.04 Å². The lowest BCUT2D eigenvalue weighted by Crippen LogP contribution is -2.34. The third-order valence-corrected chi connectivity index (χ3v) is 4.61. The highest BCUT2D eigenvalue weighted by Crippen LogP contribution is 2.32. The molecule has 2 heterocycles. The summed E-state index contributed by atoms with van der Waals surface area (Å²) in [6.45, 7) is 2.11. The molecule has 0 spiro atoms. The second-order valence-corrected chi connectivity index (χ2v) is 6.21. The number of para-hydroxylation sites is 1. The number of hydrogen-bond acceptors (Lipinski definition) is 2. The van der Waals surface area contributed by atoms with Gasteiger partial charge >= 0.3 is 5.97 Å². The molecule has 0 aliphatic carbocycles. The molecule has 4 nitrogen and oxygen atoms in total. The van der Waals surface area contributed by atoms with E-state index in [0.717, 1.165) is 25.9 Å². The van der Waals surface area contributed by atoms with Crippen molar-refractivity contribution in [2.75, 3.05) is 13.1 Å². The first-order chi connectivity index (χ1) is 10.7. The summed E-state index contributed by atoms with van der Waals surface area (Å²) >= 11 is 0. The lowest BCUT2D eigenvalue weighted by Gasteiger charge is -2.35. The molecule has 0 amide bonds. The van der Waals surface area contributed by atoms with Gasteiger partial charge in [-0.25, -0.2) is 0 Å². The van der Waals surface area contributed by atoms with Gasteiger partial charge in [0.15, 0.2) is 0 Å². The van der Waals surface area contributed by atoms with Crippen molar-refractivity contribution in [3.05, 3.63) is 36.0 Å². The first kappa shape index (κ1) is 15.1. The van der Waals surface area contributed by atoms with E-state index in [4.69, 9.17) is 5.11 Å². The maximum absolute atomic E-state index is 10.6. The van der Waals surface area contributed by atoms with Crippen LogP contribution in [0, 0.1) is 0 Å². The summed E-state index contributed by atoms with van der Waals surface area (Å²) in [6.07, 6.45) is 5.71. The first-order valence-electron chi connectivity index (χ1n) is 8.27. The molecule has 0 bridgehead atoms. The predicted octanol–water partition coefficient (Wildman–Crippen LogP) is 3.95. The van der Waals surface area contributed by atoms with E-state index in [1.165, 1.54) is 35.9 Å². The van der Waals surface area contributed by atoms with Crippen LogP contribution in [0.15, 0.2) is 30.3 Å². The first-order valence-corrected chi connectivity index (χ1v) is 8.27. The van der Waals surface area contributed by atoms with E-state index < -0.39 is 5.97 Å². The molecule has 2 N–H and O–H groups in total. The number of carbonyl (C=O) groups is 1. The maximum Gasteiger partial charge on any atom is 0.303 e. The molecular formula is C18H24N2O2. The van der Waals surface area contributed by atoms with E-state index in [2.05, 4.69) is 40.2 Å². The fraction of sp³-hybridized carbons (Fsp3) is 0.500. The van der Waals surface area contributed by atoms with Crippen molar-refractivity contribution in [2.45, 2.75) is 44.6 Å². The Balaban J connectivity index is 1.67. The van der Waals surface area contributed by atoms with Crippen molar-refractivity contribution in [1.29, 1.82) is 0 Å². The van der Waals surface area contributed by atoms with E-state index in [1.54, 1.807) is 0 Å². The Morgan fingerprint density at radius 1 is 1.27 bits per heavy atom. The summed E-state index contributed by atoms with van der Waals surface area (Å²) in [5, 5.41) is 10.0. The van der Waals surface area contributed by atoms with Crippen LogP contribution in [0.5, 0.6) is 0 Å². The number of fused-ring (bicyclic) bond motifs is 1. The summed E-state index contributed by atoms with van der Waals surface area (Å²) in [6, 6.07) is 11.1. The average Bonchev–Trinajstić information content (AvgIpc) is 2.95. The summed E-state index contributed by atoms with van der Waals surface area (Å²) in [7, 11) is 0. The van der Waals surface area contributed by atoms with E-state index in [1.807, 2.05) is 0 Å². The molecule has 1 aliphatic heterocycles. The molecule has 1 aliphatic rings. The number of piperidine rings is 1. The Kier molecular flexibility index (Phi) is 4.78. The van der Waals surface area contributed by atoms with Gasteiger partial charge in [-0.05, 0) is 56.3 Å². The Morgan fingerprint density at radius 3 is 2.95 bits per heavy atom. The molecule has 22 heavy (non-hydrogen) atoms. The van der Waals surface area contributed by atoms with Gasteiger partial charge < -0.3 is 10.1 Å². The van der Waals surface area contributed by atoms with Gasteiger partial charge in [0.1, 0.15) is 0 Å². The van der Waals surface area contributed by atoms with Crippen LogP contribution in [0.2, 0.25) is 0 Å². The third-order valence-electron chi connectivity index (χ3n) is 4.61. The van der Waals surface area contributed by atoms with Crippen LogP contribution < -0.4 is 0 Å². The van der Waals surface area contributed by atoms with Crippen molar-refractivity contribution < 1.29 is 9.90 Å². The van der Waals surface area contributed by atoms with E-state index in [-0.39, 0.29) is 6.42 Å². The smallest absolute Gasteiger partial charge is 0.303 e. The second kappa shape index (κ2) is 6.97. The number of nitrogens with zero attached hydrogens (tertiary/aromatic N) is 1. The Labute approximate surface area is 131 Å². The number of likely N-dealkylation sites (tertiary alicyclic amines) is 1. The zero-order valence-corrected chi connectivity index (χ0v) is 12.9. The van der Waals surface area contributed by atoms with Crippen molar-refractivity contribution >= 4 is 16.9 Å². The van der Waals surface area contributed by atoms with Gasteiger partial charge in [-0.3, -0.25) is 9.69 Å². The number of aliphatic carboxylic acids is 1. The number of unbranched alkanes of at least 4 members (excludes halogenated alkanes) is 1. The molecule has 2 aromatic rings. The molecule has 0 saturated carbocycles. The molecule has 1 aromatic heterocycles. The minimum Gasteiger partial charge on any atom is -0.481 e.